The van der Waals surface area contributed by atoms with Gasteiger partial charge in [-0.1, -0.05) is 0 Å². The van der Waals surface area contributed by atoms with Crippen molar-refractivity contribution in [3.63, 3.8) is 0 Å². The number of rotatable bonds is 4. The van der Waals surface area contributed by atoms with Gasteiger partial charge in [-0.15, -0.1) is 0 Å². The first-order valence-corrected chi connectivity index (χ1v) is 4.90. The summed E-state index contributed by atoms with van der Waals surface area (Å²) in [5, 5.41) is 11.5. The zero-order valence-corrected chi connectivity index (χ0v) is 9.21. The number of aliphatic hydroxyl groups is 1. The monoisotopic (exact) mass is 281 g/mol. The highest BCUT2D eigenvalue weighted by Gasteiger charge is 2.17. The van der Waals surface area contributed by atoms with E-state index in [1.807, 2.05) is 0 Å². The average Bonchev–Trinajstić information content (AvgIpc) is 2.16. The second-order valence-corrected chi connectivity index (χ2v) is 3.72. The molecule has 1 unspecified atom stereocenters. The molecule has 1 atom stereocenters. The van der Waals surface area contributed by atoms with Gasteiger partial charge in [-0.2, -0.15) is 0 Å². The summed E-state index contributed by atoms with van der Waals surface area (Å²) in [6, 6.07) is 0. The third-order valence-electron chi connectivity index (χ3n) is 1.71. The van der Waals surface area contributed by atoms with E-state index in [-0.39, 0.29) is 6.54 Å². The topological polar surface area (TPSA) is 71.2 Å². The molecule has 0 bridgehead atoms. The second kappa shape index (κ2) is 5.22. The highest BCUT2D eigenvalue weighted by molar-refractivity contribution is 9.10. The van der Waals surface area contributed by atoms with Crippen LogP contribution in [-0.4, -0.2) is 29.2 Å². The minimum atomic E-state index is -2.78. The smallest absolute Gasteiger partial charge is 0.265 e. The van der Waals surface area contributed by atoms with Gasteiger partial charge in [-0.3, -0.25) is 4.98 Å². The maximum Gasteiger partial charge on any atom is 0.265 e. The Morgan fingerprint density at radius 1 is 1.53 bits per heavy atom. The van der Waals surface area contributed by atoms with Gasteiger partial charge in [-0.05, 0) is 15.9 Å². The Balaban J connectivity index is 2.65. The maximum absolute atomic E-state index is 12.0. The first kappa shape index (κ1) is 12.1. The van der Waals surface area contributed by atoms with E-state index in [2.05, 4.69) is 26.2 Å². The van der Waals surface area contributed by atoms with E-state index >= 15 is 0 Å². The molecule has 15 heavy (non-hydrogen) atoms. The number of aliphatic hydroxyl groups excluding tert-OH is 1. The van der Waals surface area contributed by atoms with E-state index < -0.39 is 12.5 Å². The standard InChI is InChI=1S/C8H10BrF2N3O/c9-4-1-13-2-5(12)7(4)14-3-6(15)8(10)11/h1-2,6,8,15H,3,12H2,(H,13,14). The molecule has 0 aromatic carbocycles. The number of nitrogen functional groups attached to an aromatic ring is 1. The lowest BCUT2D eigenvalue weighted by Crippen LogP contribution is -2.27. The van der Waals surface area contributed by atoms with Crippen LogP contribution in [0.1, 0.15) is 0 Å². The molecule has 1 aromatic heterocycles. The lowest BCUT2D eigenvalue weighted by atomic mass is 10.3. The Hall–Kier alpha value is -0.950. The molecule has 1 rings (SSSR count). The van der Waals surface area contributed by atoms with Crippen molar-refractivity contribution in [2.24, 2.45) is 0 Å². The molecule has 0 amide bonds. The summed E-state index contributed by atoms with van der Waals surface area (Å²) in [5.41, 5.74) is 6.33. The van der Waals surface area contributed by atoms with Crippen molar-refractivity contribution in [3.05, 3.63) is 16.9 Å². The summed E-state index contributed by atoms with van der Waals surface area (Å²) in [4.78, 5) is 3.78. The fourth-order valence-electron chi connectivity index (χ4n) is 0.932. The van der Waals surface area contributed by atoms with Crippen molar-refractivity contribution in [2.75, 3.05) is 17.6 Å². The molecule has 0 spiro atoms. The van der Waals surface area contributed by atoms with Gasteiger partial charge in [0.2, 0.25) is 0 Å². The largest absolute Gasteiger partial charge is 0.396 e. The maximum atomic E-state index is 12.0. The van der Waals surface area contributed by atoms with Gasteiger partial charge in [-0.25, -0.2) is 8.78 Å². The fourth-order valence-corrected chi connectivity index (χ4v) is 1.42. The molecule has 0 aliphatic carbocycles. The Morgan fingerprint density at radius 2 is 2.20 bits per heavy atom. The van der Waals surface area contributed by atoms with Crippen LogP contribution in [0.4, 0.5) is 20.2 Å². The minimum absolute atomic E-state index is 0.273. The summed E-state index contributed by atoms with van der Waals surface area (Å²) in [7, 11) is 0. The number of hydrogen-bond acceptors (Lipinski definition) is 4. The van der Waals surface area contributed by atoms with E-state index in [4.69, 9.17) is 10.8 Å². The van der Waals surface area contributed by atoms with E-state index in [0.29, 0.717) is 15.8 Å². The average molecular weight is 282 g/mol. The Morgan fingerprint density at radius 3 is 2.73 bits per heavy atom. The Kier molecular flexibility index (Phi) is 4.22. The SMILES string of the molecule is Nc1cncc(Br)c1NCC(O)C(F)F. The zero-order chi connectivity index (χ0) is 11.4. The van der Waals surface area contributed by atoms with Crippen molar-refractivity contribution in [1.29, 1.82) is 0 Å². The normalized spacial score (nSPS) is 12.9. The highest BCUT2D eigenvalue weighted by atomic mass is 79.9. The number of pyridine rings is 1. The molecule has 0 saturated heterocycles. The summed E-state index contributed by atoms with van der Waals surface area (Å²) in [6.07, 6.45) is -1.63. The van der Waals surface area contributed by atoms with E-state index in [9.17, 15) is 8.78 Å². The first-order chi connectivity index (χ1) is 7.02. The van der Waals surface area contributed by atoms with Crippen LogP contribution >= 0.6 is 15.9 Å². The number of aromatic nitrogens is 1. The predicted molar refractivity (Wildman–Crippen MR) is 56.8 cm³/mol. The van der Waals surface area contributed by atoms with Gasteiger partial charge in [0.1, 0.15) is 6.10 Å². The molecule has 4 nitrogen and oxygen atoms in total. The second-order valence-electron chi connectivity index (χ2n) is 2.87. The molecular formula is C8H10BrF2N3O. The summed E-state index contributed by atoms with van der Waals surface area (Å²) in [6.45, 7) is -0.273. The summed E-state index contributed by atoms with van der Waals surface area (Å²) >= 11 is 3.16. The Bertz CT molecular complexity index is 317. The fraction of sp³-hybridized carbons (Fsp3) is 0.375. The number of nitrogens with two attached hydrogens (primary N) is 1. The molecule has 84 valence electrons. The zero-order valence-electron chi connectivity index (χ0n) is 7.62. The molecule has 0 aliphatic heterocycles. The van der Waals surface area contributed by atoms with Crippen molar-refractivity contribution < 1.29 is 13.9 Å². The van der Waals surface area contributed by atoms with Crippen LogP contribution in [0.25, 0.3) is 0 Å². The van der Waals surface area contributed by atoms with Gasteiger partial charge in [0.05, 0.1) is 22.0 Å². The molecule has 4 N–H and O–H groups in total. The van der Waals surface area contributed by atoms with Crippen LogP contribution in [-0.2, 0) is 0 Å². The van der Waals surface area contributed by atoms with E-state index in [1.54, 1.807) is 0 Å². The van der Waals surface area contributed by atoms with Gasteiger partial charge >= 0.3 is 0 Å². The number of hydrogen-bond donors (Lipinski definition) is 3. The van der Waals surface area contributed by atoms with Crippen LogP contribution in [0, 0.1) is 0 Å². The van der Waals surface area contributed by atoms with Crippen molar-refractivity contribution in [2.45, 2.75) is 12.5 Å². The van der Waals surface area contributed by atoms with Gasteiger partial charge in [0.25, 0.3) is 6.43 Å². The number of nitrogens with one attached hydrogen (secondary N) is 1. The van der Waals surface area contributed by atoms with Crippen LogP contribution in [0.15, 0.2) is 16.9 Å². The van der Waals surface area contributed by atoms with Crippen molar-refractivity contribution >= 4 is 27.3 Å². The summed E-state index contributed by atoms with van der Waals surface area (Å²) < 4.78 is 24.5. The highest BCUT2D eigenvalue weighted by Crippen LogP contribution is 2.26. The van der Waals surface area contributed by atoms with Gasteiger partial charge in [0, 0.05) is 12.7 Å². The van der Waals surface area contributed by atoms with E-state index in [0.717, 1.165) is 0 Å². The predicted octanol–water partition coefficient (Wildman–Crippen LogP) is 1.46. The van der Waals surface area contributed by atoms with Crippen LogP contribution in [0.2, 0.25) is 0 Å². The molecule has 0 aliphatic rings. The first-order valence-electron chi connectivity index (χ1n) is 4.11. The minimum Gasteiger partial charge on any atom is -0.396 e. The van der Waals surface area contributed by atoms with E-state index in [1.165, 1.54) is 12.4 Å². The molecule has 0 fully saturated rings. The summed E-state index contributed by atoms with van der Waals surface area (Å²) in [5.74, 6) is 0. The third-order valence-corrected chi connectivity index (χ3v) is 2.31. The molecular weight excluding hydrogens is 272 g/mol. The Labute approximate surface area is 93.6 Å². The number of nitrogens with zero attached hydrogens (tertiary/aromatic N) is 1. The number of anilines is 2. The number of alkyl halides is 2. The van der Waals surface area contributed by atoms with Crippen molar-refractivity contribution in [3.8, 4) is 0 Å². The number of halogens is 3. The lowest BCUT2D eigenvalue weighted by Gasteiger charge is -2.14. The molecule has 7 heteroatoms. The van der Waals surface area contributed by atoms with Gasteiger partial charge in [0.15, 0.2) is 0 Å². The quantitative estimate of drug-likeness (QED) is 0.782. The third kappa shape index (κ3) is 3.28. The van der Waals surface area contributed by atoms with Crippen molar-refractivity contribution in [1.82, 2.24) is 4.98 Å². The molecule has 0 saturated carbocycles. The molecule has 0 radical (unpaired) electrons. The van der Waals surface area contributed by atoms with Crippen LogP contribution < -0.4 is 11.1 Å². The van der Waals surface area contributed by atoms with Gasteiger partial charge < -0.3 is 16.2 Å². The van der Waals surface area contributed by atoms with Crippen LogP contribution in [0.5, 0.6) is 0 Å². The molecule has 1 heterocycles. The lowest BCUT2D eigenvalue weighted by molar-refractivity contribution is 0.00384. The molecule has 1 aromatic rings. The van der Waals surface area contributed by atoms with Crippen LogP contribution in [0.3, 0.4) is 0 Å².